The fourth-order valence-corrected chi connectivity index (χ4v) is 4.19. The highest BCUT2D eigenvalue weighted by atomic mass is 16.5. The zero-order valence-corrected chi connectivity index (χ0v) is 22.1. The van der Waals surface area contributed by atoms with Gasteiger partial charge in [-0.05, 0) is 26.2 Å². The number of nitrogens with zero attached hydrogens (tertiary/aromatic N) is 5. The minimum atomic E-state index is -0.583. The minimum absolute atomic E-state index is 0.0813. The Morgan fingerprint density at radius 2 is 2.14 bits per heavy atom. The quantitative estimate of drug-likeness (QED) is 0.176. The Kier molecular flexibility index (Phi) is 12.3. The summed E-state index contributed by atoms with van der Waals surface area (Å²) in [7, 11) is 0. The largest absolute Gasteiger partial charge is 0.380 e. The van der Waals surface area contributed by atoms with Gasteiger partial charge in [-0.1, -0.05) is 19.9 Å². The van der Waals surface area contributed by atoms with Crippen LogP contribution in [0.3, 0.4) is 0 Å². The summed E-state index contributed by atoms with van der Waals surface area (Å²) < 4.78 is 7.42. The molecule has 1 atom stereocenters. The number of ether oxygens (including phenoxy) is 1. The normalized spacial score (nSPS) is 14.3. The molecule has 0 aliphatic carbocycles. The summed E-state index contributed by atoms with van der Waals surface area (Å²) in [5.41, 5.74) is -0.541. The molecule has 0 spiro atoms. The number of amides is 2. The fraction of sp³-hybridized carbons (Fsp3) is 0.667. The number of hydrogen-bond acceptors (Lipinski definition) is 6. The SMILES string of the molecule is C#CCCC1(CCC(=O)N(CCn2ccnc2C(C)C)C(CCCC=C)C(=O)NCCOCC)N=N1. The Balaban J connectivity index is 2.18. The summed E-state index contributed by atoms with van der Waals surface area (Å²) in [6, 6.07) is -0.583. The van der Waals surface area contributed by atoms with E-state index in [4.69, 9.17) is 11.2 Å². The van der Waals surface area contributed by atoms with E-state index in [1.165, 1.54) is 0 Å². The lowest BCUT2D eigenvalue weighted by molar-refractivity contribution is -0.141. The van der Waals surface area contributed by atoms with Crippen molar-refractivity contribution < 1.29 is 14.3 Å². The van der Waals surface area contributed by atoms with Gasteiger partial charge in [0.15, 0.2) is 5.66 Å². The van der Waals surface area contributed by atoms with Crippen molar-refractivity contribution in [3.05, 3.63) is 30.9 Å². The lowest BCUT2D eigenvalue weighted by Gasteiger charge is -2.32. The van der Waals surface area contributed by atoms with Crippen LogP contribution in [0.5, 0.6) is 0 Å². The average Bonchev–Trinajstić information content (AvgIpc) is 3.48. The Labute approximate surface area is 215 Å². The molecule has 1 unspecified atom stereocenters. The van der Waals surface area contributed by atoms with Crippen LogP contribution in [0.4, 0.5) is 0 Å². The number of nitrogens with one attached hydrogen (secondary N) is 1. The van der Waals surface area contributed by atoms with Crippen LogP contribution in [0.15, 0.2) is 35.3 Å². The minimum Gasteiger partial charge on any atom is -0.380 e. The maximum absolute atomic E-state index is 13.6. The van der Waals surface area contributed by atoms with Crippen LogP contribution >= 0.6 is 0 Å². The molecule has 0 radical (unpaired) electrons. The molecule has 1 aromatic rings. The second kappa shape index (κ2) is 15.2. The predicted octanol–water partition coefficient (Wildman–Crippen LogP) is 4.07. The van der Waals surface area contributed by atoms with Crippen molar-refractivity contribution in [2.75, 3.05) is 26.3 Å². The number of unbranched alkanes of at least 4 members (excludes halogenated alkanes) is 1. The molecule has 9 nitrogen and oxygen atoms in total. The molecule has 0 aromatic carbocycles. The van der Waals surface area contributed by atoms with E-state index in [2.05, 4.69) is 51.4 Å². The third-order valence-corrected chi connectivity index (χ3v) is 6.27. The summed E-state index contributed by atoms with van der Waals surface area (Å²) >= 11 is 0. The molecule has 1 aliphatic heterocycles. The molecule has 36 heavy (non-hydrogen) atoms. The number of terminal acetylenes is 1. The number of allylic oxidation sites excluding steroid dienone is 1. The molecule has 2 amide bonds. The maximum atomic E-state index is 13.6. The van der Waals surface area contributed by atoms with Crippen molar-refractivity contribution >= 4 is 11.8 Å². The van der Waals surface area contributed by atoms with Crippen molar-refractivity contribution in [1.82, 2.24) is 19.8 Å². The highest BCUT2D eigenvalue weighted by Crippen LogP contribution is 2.37. The highest BCUT2D eigenvalue weighted by molar-refractivity contribution is 5.87. The van der Waals surface area contributed by atoms with Crippen LogP contribution < -0.4 is 5.32 Å². The lowest BCUT2D eigenvalue weighted by atomic mass is 10.0. The van der Waals surface area contributed by atoms with Gasteiger partial charge in [0.25, 0.3) is 0 Å². The van der Waals surface area contributed by atoms with Gasteiger partial charge in [0.05, 0.1) is 6.61 Å². The maximum Gasteiger partial charge on any atom is 0.242 e. The van der Waals surface area contributed by atoms with Gasteiger partial charge in [-0.15, -0.1) is 18.9 Å². The van der Waals surface area contributed by atoms with E-state index in [-0.39, 0.29) is 24.2 Å². The van der Waals surface area contributed by atoms with Gasteiger partial charge in [-0.3, -0.25) is 9.59 Å². The van der Waals surface area contributed by atoms with E-state index in [0.29, 0.717) is 58.5 Å². The van der Waals surface area contributed by atoms with Crippen molar-refractivity contribution in [2.24, 2.45) is 10.2 Å². The fourth-order valence-electron chi connectivity index (χ4n) is 4.19. The van der Waals surface area contributed by atoms with Crippen LogP contribution in [0.1, 0.15) is 77.5 Å². The van der Waals surface area contributed by atoms with E-state index in [1.807, 2.05) is 19.2 Å². The molecule has 1 aromatic heterocycles. The predicted molar refractivity (Wildman–Crippen MR) is 140 cm³/mol. The van der Waals surface area contributed by atoms with Gasteiger partial charge in [0.2, 0.25) is 11.8 Å². The standard InChI is InChI=1S/C27H42N6O3/c1-6-9-11-12-23(26(35)29-17-21-36-8-3)33(20-19-32-18-16-28-25(32)22(4)5)24(34)13-15-27(30-31-27)14-10-7-2/h2,6,16,18,22-23H,1,8-15,17,19-21H2,3-5H3,(H,29,35). The Hall–Kier alpha value is -2.99. The van der Waals surface area contributed by atoms with E-state index in [1.54, 1.807) is 11.1 Å². The third kappa shape index (κ3) is 9.23. The molecule has 0 fully saturated rings. The number of rotatable bonds is 19. The van der Waals surface area contributed by atoms with Crippen molar-refractivity contribution in [3.8, 4) is 12.3 Å². The third-order valence-electron chi connectivity index (χ3n) is 6.27. The van der Waals surface area contributed by atoms with Crippen LogP contribution in [-0.2, 0) is 20.9 Å². The van der Waals surface area contributed by atoms with Crippen molar-refractivity contribution in [2.45, 2.75) is 89.9 Å². The Morgan fingerprint density at radius 3 is 2.78 bits per heavy atom. The van der Waals surface area contributed by atoms with Gasteiger partial charge in [0.1, 0.15) is 11.9 Å². The van der Waals surface area contributed by atoms with Gasteiger partial charge < -0.3 is 19.5 Å². The van der Waals surface area contributed by atoms with Crippen LogP contribution in [0.2, 0.25) is 0 Å². The van der Waals surface area contributed by atoms with Gasteiger partial charge in [-0.25, -0.2) is 4.98 Å². The van der Waals surface area contributed by atoms with E-state index in [9.17, 15) is 9.59 Å². The van der Waals surface area contributed by atoms with Gasteiger partial charge in [0, 0.05) is 70.2 Å². The second-order valence-electron chi connectivity index (χ2n) is 9.33. The molecule has 0 saturated heterocycles. The smallest absolute Gasteiger partial charge is 0.242 e. The van der Waals surface area contributed by atoms with Crippen molar-refractivity contribution in [1.29, 1.82) is 0 Å². The highest BCUT2D eigenvalue weighted by Gasteiger charge is 2.40. The summed E-state index contributed by atoms with van der Waals surface area (Å²) in [4.78, 5) is 33.0. The molecule has 0 saturated carbocycles. The zero-order valence-electron chi connectivity index (χ0n) is 22.1. The molecule has 2 heterocycles. The second-order valence-corrected chi connectivity index (χ2v) is 9.33. The van der Waals surface area contributed by atoms with Crippen LogP contribution in [-0.4, -0.2) is 64.3 Å². The van der Waals surface area contributed by atoms with Crippen LogP contribution in [0, 0.1) is 12.3 Å². The first-order valence-electron chi connectivity index (χ1n) is 13.0. The molecule has 1 aliphatic rings. The first kappa shape index (κ1) is 29.2. The zero-order chi connectivity index (χ0) is 26.4. The van der Waals surface area contributed by atoms with E-state index >= 15 is 0 Å². The molecule has 198 valence electrons. The van der Waals surface area contributed by atoms with E-state index in [0.717, 1.165) is 18.7 Å². The lowest BCUT2D eigenvalue weighted by Crippen LogP contribution is -2.51. The molecular formula is C27H42N6O3. The van der Waals surface area contributed by atoms with Gasteiger partial charge >= 0.3 is 0 Å². The Bertz CT molecular complexity index is 911. The molecule has 0 bridgehead atoms. The van der Waals surface area contributed by atoms with Crippen LogP contribution in [0.25, 0.3) is 0 Å². The first-order valence-corrected chi connectivity index (χ1v) is 13.0. The Morgan fingerprint density at radius 1 is 1.36 bits per heavy atom. The number of carbonyl (C=O) groups is 2. The monoisotopic (exact) mass is 498 g/mol. The topological polar surface area (TPSA) is 101 Å². The summed E-state index contributed by atoms with van der Waals surface area (Å²) in [5.74, 6) is 3.58. The summed E-state index contributed by atoms with van der Waals surface area (Å²) in [6.07, 6.45) is 15.0. The number of carbonyl (C=O) groups excluding carboxylic acids is 2. The molecule has 2 rings (SSSR count). The van der Waals surface area contributed by atoms with E-state index < -0.39 is 11.7 Å². The summed E-state index contributed by atoms with van der Waals surface area (Å²) in [5, 5.41) is 11.3. The number of imidazole rings is 1. The average molecular weight is 499 g/mol. The first-order chi connectivity index (χ1) is 17.4. The summed E-state index contributed by atoms with van der Waals surface area (Å²) in [6.45, 7) is 12.3. The molecule has 1 N–H and O–H groups in total. The van der Waals surface area contributed by atoms with Crippen molar-refractivity contribution in [3.63, 3.8) is 0 Å². The molecule has 9 heteroatoms. The number of aromatic nitrogens is 2. The van der Waals surface area contributed by atoms with Gasteiger partial charge in [-0.2, -0.15) is 10.2 Å². The molecular weight excluding hydrogens is 456 g/mol. The number of hydrogen-bond donors (Lipinski definition) is 1.